The summed E-state index contributed by atoms with van der Waals surface area (Å²) in [6, 6.07) is 48.5. The Morgan fingerprint density at radius 2 is 1.33 bits per heavy atom. The summed E-state index contributed by atoms with van der Waals surface area (Å²) in [6.07, 6.45) is 4.21. The van der Waals surface area contributed by atoms with Crippen molar-refractivity contribution in [1.29, 1.82) is 0 Å². The lowest BCUT2D eigenvalue weighted by molar-refractivity contribution is 0.287. The highest BCUT2D eigenvalue weighted by Gasteiger charge is 2.39. The molecule has 0 heterocycles. The smallest absolute Gasteiger partial charge is 0.423 e. The minimum atomic E-state index is -0.941. The van der Waals surface area contributed by atoms with Crippen molar-refractivity contribution in [3.05, 3.63) is 186 Å². The Kier molecular flexibility index (Phi) is 9.08. The van der Waals surface area contributed by atoms with Crippen molar-refractivity contribution >= 4 is 35.2 Å². The van der Waals surface area contributed by atoms with Crippen molar-refractivity contribution in [2.45, 2.75) is 58.3 Å². The molecule has 0 aliphatic heterocycles. The van der Waals surface area contributed by atoms with E-state index in [1.165, 1.54) is 44.5 Å². The molecular formula is C50H48BNO2. The third-order valence-corrected chi connectivity index (χ3v) is 11.8. The van der Waals surface area contributed by atoms with Crippen LogP contribution >= 0.6 is 0 Å². The Bertz CT molecular complexity index is 2440. The minimum absolute atomic E-state index is 0.0724. The average molecular weight is 706 g/mol. The van der Waals surface area contributed by atoms with Crippen LogP contribution < -0.4 is 10.4 Å². The van der Waals surface area contributed by atoms with Gasteiger partial charge in [0, 0.05) is 34.4 Å². The van der Waals surface area contributed by atoms with Crippen LogP contribution in [0, 0.1) is 0 Å². The first-order valence-corrected chi connectivity index (χ1v) is 19.2. The van der Waals surface area contributed by atoms with E-state index in [-0.39, 0.29) is 16.7 Å². The van der Waals surface area contributed by atoms with Gasteiger partial charge in [-0.3, -0.25) is 0 Å². The van der Waals surface area contributed by atoms with Gasteiger partial charge in [0.2, 0.25) is 0 Å². The maximum absolute atomic E-state index is 10.5. The van der Waals surface area contributed by atoms with Crippen LogP contribution in [0.5, 0.6) is 0 Å². The zero-order valence-electron chi connectivity index (χ0n) is 32.2. The van der Waals surface area contributed by atoms with E-state index in [1.54, 1.807) is 0 Å². The Morgan fingerprint density at radius 1 is 0.704 bits per heavy atom. The Balaban J connectivity index is 1.28. The van der Waals surface area contributed by atoms with Gasteiger partial charge in [-0.15, -0.1) is 0 Å². The van der Waals surface area contributed by atoms with Gasteiger partial charge >= 0.3 is 7.12 Å². The maximum atomic E-state index is 10.5. The summed E-state index contributed by atoms with van der Waals surface area (Å²) in [7, 11) is -0.941. The van der Waals surface area contributed by atoms with Crippen molar-refractivity contribution in [3.63, 3.8) is 0 Å². The third kappa shape index (κ3) is 5.85. The molecule has 0 aromatic heterocycles. The summed E-state index contributed by atoms with van der Waals surface area (Å²) in [4.78, 5) is 2.46. The van der Waals surface area contributed by atoms with Crippen LogP contribution in [0.4, 0.5) is 17.1 Å². The lowest BCUT2D eigenvalue weighted by Crippen LogP contribution is -2.33. The molecule has 2 aliphatic rings. The predicted molar refractivity (Wildman–Crippen MR) is 229 cm³/mol. The van der Waals surface area contributed by atoms with Crippen LogP contribution in [0.25, 0.3) is 27.8 Å². The third-order valence-electron chi connectivity index (χ3n) is 11.8. The first kappa shape index (κ1) is 35.6. The van der Waals surface area contributed by atoms with Gasteiger partial charge in [-0.05, 0) is 104 Å². The molecule has 0 fully saturated rings. The second-order valence-corrected chi connectivity index (χ2v) is 15.7. The number of hydrogen-bond donors (Lipinski definition) is 1. The highest BCUT2D eigenvalue weighted by molar-refractivity contribution is 6.60. The van der Waals surface area contributed by atoms with E-state index in [9.17, 15) is 5.02 Å². The number of nitrogens with zero attached hydrogens (tertiary/aromatic N) is 1. The average Bonchev–Trinajstić information content (AvgIpc) is 3.57. The highest BCUT2D eigenvalue weighted by atomic mass is 16.5. The molecular weight excluding hydrogens is 657 g/mol. The van der Waals surface area contributed by atoms with Gasteiger partial charge in [0.15, 0.2) is 0 Å². The monoisotopic (exact) mass is 705 g/mol. The van der Waals surface area contributed by atoms with E-state index in [4.69, 9.17) is 4.65 Å². The number of rotatable bonds is 10. The molecule has 8 rings (SSSR count). The van der Waals surface area contributed by atoms with Gasteiger partial charge in [-0.2, -0.15) is 0 Å². The number of benzene rings is 6. The molecule has 1 N–H and O–H groups in total. The number of hydrogen-bond acceptors (Lipinski definition) is 3. The van der Waals surface area contributed by atoms with Crippen LogP contribution in [-0.2, 0) is 15.5 Å². The van der Waals surface area contributed by atoms with E-state index in [0.29, 0.717) is 6.61 Å². The summed E-state index contributed by atoms with van der Waals surface area (Å²) in [6.45, 7) is 18.2. The summed E-state index contributed by atoms with van der Waals surface area (Å²) in [5.74, 6) is 0.0724. The van der Waals surface area contributed by atoms with Crippen molar-refractivity contribution in [1.82, 2.24) is 0 Å². The molecule has 4 heteroatoms. The Labute approximate surface area is 321 Å². The Morgan fingerprint density at radius 3 is 2.09 bits per heavy atom. The van der Waals surface area contributed by atoms with Crippen LogP contribution in [0.15, 0.2) is 152 Å². The van der Waals surface area contributed by atoms with E-state index >= 15 is 0 Å². The van der Waals surface area contributed by atoms with Gasteiger partial charge in [0.05, 0.1) is 5.69 Å². The second-order valence-electron chi connectivity index (χ2n) is 15.7. The first-order chi connectivity index (χ1) is 26.0. The molecule has 0 saturated carbocycles. The van der Waals surface area contributed by atoms with E-state index in [0.717, 1.165) is 39.2 Å². The summed E-state index contributed by atoms with van der Waals surface area (Å²) >= 11 is 0. The van der Waals surface area contributed by atoms with Crippen LogP contribution in [0.2, 0.25) is 0 Å². The number of anilines is 3. The fourth-order valence-corrected chi connectivity index (χ4v) is 8.90. The standard InChI is InChI=1S/C50H48BNO2/c1-8-34(29-33(3)35-17-14-19-37(30-35)51(53)54-9-2)36-18-15-20-38(31-36)52(39-27-28-41-40-21-10-12-23-43(40)50(6,7)46(41)32-39)47-26-16-25-45-48(47)42-22-11-13-24-44(42)49(45,4)5/h8,10-33,53H,1,9H2,2-7H3/b34-29+. The molecule has 268 valence electrons. The molecule has 0 radical (unpaired) electrons. The fraction of sp³-hybridized carbons (Fsp3) is 0.200. The maximum Gasteiger partial charge on any atom is 0.491 e. The topological polar surface area (TPSA) is 32.7 Å². The SMILES string of the molecule is C=C/C(=C\C(C)c1cccc(B(O)OCC)c1)c1cccc(N(c2ccc3c(c2)C(C)(C)c2ccccc2-3)c2cccc3c2-c2ccccc2C3(C)C)c1. The van der Waals surface area contributed by atoms with Gasteiger partial charge in [-0.25, -0.2) is 0 Å². The number of fused-ring (bicyclic) bond motifs is 6. The van der Waals surface area contributed by atoms with Crippen molar-refractivity contribution in [2.75, 3.05) is 11.5 Å². The number of allylic oxidation sites excluding steroid dienone is 3. The zero-order chi connectivity index (χ0) is 37.8. The van der Waals surface area contributed by atoms with Gasteiger partial charge in [0.1, 0.15) is 0 Å². The Hall–Kier alpha value is -5.42. The van der Waals surface area contributed by atoms with Crippen molar-refractivity contribution in [2.24, 2.45) is 0 Å². The van der Waals surface area contributed by atoms with Gasteiger partial charge in [-0.1, -0.05) is 156 Å². The van der Waals surface area contributed by atoms with Crippen LogP contribution in [-0.4, -0.2) is 18.7 Å². The largest absolute Gasteiger partial charge is 0.491 e. The molecule has 0 bridgehead atoms. The van der Waals surface area contributed by atoms with Crippen molar-refractivity contribution in [3.8, 4) is 22.3 Å². The fourth-order valence-electron chi connectivity index (χ4n) is 8.90. The van der Waals surface area contributed by atoms with Crippen molar-refractivity contribution < 1.29 is 9.68 Å². The molecule has 2 aliphatic carbocycles. The van der Waals surface area contributed by atoms with Crippen LogP contribution in [0.1, 0.15) is 80.8 Å². The quantitative estimate of drug-likeness (QED) is 0.114. The molecule has 6 aromatic rings. The van der Waals surface area contributed by atoms with Crippen LogP contribution in [0.3, 0.4) is 0 Å². The van der Waals surface area contributed by atoms with Gasteiger partial charge in [0.25, 0.3) is 0 Å². The molecule has 0 spiro atoms. The van der Waals surface area contributed by atoms with E-state index < -0.39 is 7.12 Å². The summed E-state index contributed by atoms with van der Waals surface area (Å²) in [5, 5.41) is 10.5. The first-order valence-electron chi connectivity index (χ1n) is 19.2. The molecule has 1 unspecified atom stereocenters. The molecule has 0 saturated heterocycles. The lowest BCUT2D eigenvalue weighted by Gasteiger charge is -2.30. The van der Waals surface area contributed by atoms with Gasteiger partial charge < -0.3 is 14.6 Å². The molecule has 1 atom stereocenters. The van der Waals surface area contributed by atoms with E-state index in [1.807, 2.05) is 31.2 Å². The highest BCUT2D eigenvalue weighted by Crippen LogP contribution is 2.55. The molecule has 54 heavy (non-hydrogen) atoms. The normalized spacial score (nSPS) is 15.1. The molecule has 0 amide bonds. The molecule has 3 nitrogen and oxygen atoms in total. The second kappa shape index (κ2) is 13.8. The minimum Gasteiger partial charge on any atom is -0.423 e. The molecule has 6 aromatic carbocycles. The predicted octanol–water partition coefficient (Wildman–Crippen LogP) is 11.9. The lowest BCUT2D eigenvalue weighted by atomic mass is 9.77. The van der Waals surface area contributed by atoms with E-state index in [2.05, 4.69) is 167 Å². The zero-order valence-corrected chi connectivity index (χ0v) is 32.2. The summed E-state index contributed by atoms with van der Waals surface area (Å²) < 4.78 is 5.47. The summed E-state index contributed by atoms with van der Waals surface area (Å²) in [5.41, 5.74) is 17.7.